The molecule has 0 radical (unpaired) electrons. The van der Waals surface area contributed by atoms with Crippen LogP contribution in [0.4, 0.5) is 0 Å². The number of hydrogen-bond acceptors (Lipinski definition) is 3. The first-order chi connectivity index (χ1) is 8.72. The minimum atomic E-state index is -0.915. The molecule has 5 heteroatoms. The maximum atomic E-state index is 10.9. The van der Waals surface area contributed by atoms with Crippen molar-refractivity contribution in [2.75, 3.05) is 0 Å². The molecule has 0 aliphatic heterocycles. The number of rotatable bonds is 3. The predicted octanol–water partition coefficient (Wildman–Crippen LogP) is 0.915. The average Bonchev–Trinajstić information content (AvgIpc) is 2.94. The topological polar surface area (TPSA) is 50.2 Å². The summed E-state index contributed by atoms with van der Waals surface area (Å²) in [7, 11) is 0. The van der Waals surface area contributed by atoms with E-state index in [1.54, 1.807) is 30.4 Å². The van der Waals surface area contributed by atoms with E-state index in [1.165, 1.54) is 0 Å². The second kappa shape index (κ2) is 9.80. The molecule has 0 aliphatic carbocycles. The molecular weight excluding hydrogens is 285 g/mol. The number of carboxylic acids is 1. The van der Waals surface area contributed by atoms with Gasteiger partial charge >= 0.3 is 57.4 Å². The molecule has 0 saturated heterocycles. The van der Waals surface area contributed by atoms with Crippen molar-refractivity contribution in [1.29, 1.82) is 0 Å². The summed E-state index contributed by atoms with van der Waals surface area (Å²) >= 11 is 1.60. The molecule has 0 unspecified atom stereocenters. The molecule has 0 atom stereocenters. The van der Waals surface area contributed by atoms with Crippen LogP contribution in [-0.4, -0.2) is 16.1 Å². The van der Waals surface area contributed by atoms with Gasteiger partial charge in [-0.1, -0.05) is 13.0 Å². The van der Waals surface area contributed by atoms with E-state index < -0.39 is 5.97 Å². The Labute approximate surface area is 160 Å². The molecule has 19 heavy (non-hydrogen) atoms. The maximum absolute atomic E-state index is 10.9. The zero-order chi connectivity index (χ0) is 13.5. The Hall–Kier alpha value is -0.0436. The van der Waals surface area contributed by atoms with Crippen molar-refractivity contribution in [3.05, 3.63) is 47.8 Å². The molecule has 1 N–H and O–H groups in total. The largest absolute Gasteiger partial charge is 1.00 e. The van der Waals surface area contributed by atoms with Crippen LogP contribution < -0.4 is 51.4 Å². The third kappa shape index (κ3) is 5.09. The van der Waals surface area contributed by atoms with Crippen LogP contribution >= 0.6 is 11.3 Å². The number of pyridine rings is 1. The molecule has 3 nitrogen and oxygen atoms in total. The summed E-state index contributed by atoms with van der Waals surface area (Å²) in [5.41, 5.74) is 1.78. The predicted molar refractivity (Wildman–Crippen MR) is 74.9 cm³/mol. The number of nitrogens with zero attached hydrogens (tertiary/aromatic N) is 1. The first-order valence-electron chi connectivity index (χ1n) is 5.70. The number of aromatic carboxylic acids is 1. The van der Waals surface area contributed by atoms with E-state index in [-0.39, 0.29) is 51.4 Å². The van der Waals surface area contributed by atoms with Crippen LogP contribution in [0, 0.1) is 6.92 Å². The monoisotopic (exact) mass is 301 g/mol. The fourth-order valence-electron chi connectivity index (χ4n) is 1.53. The molecule has 2 heterocycles. The van der Waals surface area contributed by atoms with Crippen LogP contribution in [0.15, 0.2) is 29.6 Å². The van der Waals surface area contributed by atoms with Gasteiger partial charge in [0, 0.05) is 0 Å². The van der Waals surface area contributed by atoms with E-state index in [4.69, 9.17) is 5.11 Å². The van der Waals surface area contributed by atoms with Gasteiger partial charge in [0.15, 0.2) is 0 Å². The van der Waals surface area contributed by atoms with Gasteiger partial charge < -0.3 is 12.0 Å². The van der Waals surface area contributed by atoms with Crippen LogP contribution in [-0.2, 0) is 6.42 Å². The molecule has 0 spiro atoms. The molecule has 2 aromatic rings. The summed E-state index contributed by atoms with van der Waals surface area (Å²) in [6.45, 7) is 6.91. The number of carboxylic acid groups (broad SMARTS) is 1. The van der Waals surface area contributed by atoms with Crippen LogP contribution in [0.5, 0.6) is 0 Å². The molecule has 0 fully saturated rings. The van der Waals surface area contributed by atoms with Crippen LogP contribution in [0.2, 0.25) is 0 Å². The second-order valence-electron chi connectivity index (χ2n) is 3.33. The minimum absolute atomic E-state index is 0. The van der Waals surface area contributed by atoms with E-state index in [2.05, 4.69) is 11.9 Å². The molecular formula is C14H16KNO2S. The molecule has 0 bridgehead atoms. The van der Waals surface area contributed by atoms with E-state index in [0.29, 0.717) is 17.7 Å². The van der Waals surface area contributed by atoms with Crippen molar-refractivity contribution in [2.45, 2.75) is 20.3 Å². The van der Waals surface area contributed by atoms with E-state index in [0.717, 1.165) is 10.6 Å². The van der Waals surface area contributed by atoms with Gasteiger partial charge in [-0.2, -0.15) is 6.92 Å². The Morgan fingerprint density at radius 2 is 2.05 bits per heavy atom. The summed E-state index contributed by atoms with van der Waals surface area (Å²) in [5.74, 6) is -0.915. The van der Waals surface area contributed by atoms with Crippen molar-refractivity contribution >= 4 is 17.3 Å². The van der Waals surface area contributed by atoms with Crippen molar-refractivity contribution < 1.29 is 61.3 Å². The normalized spacial score (nSPS) is 9.00. The minimum Gasteiger partial charge on any atom is -0.478 e. The van der Waals surface area contributed by atoms with Gasteiger partial charge in [0.1, 0.15) is 0 Å². The Bertz CT molecular complexity index is 512. The first-order valence-corrected chi connectivity index (χ1v) is 6.58. The SMILES string of the molecule is CCc1nc(-c2cccs2)ccc1C(=O)O.[CH2-]C.[K+]. The van der Waals surface area contributed by atoms with Crippen molar-refractivity contribution in [3.63, 3.8) is 0 Å². The van der Waals surface area contributed by atoms with Crippen molar-refractivity contribution in [3.8, 4) is 10.6 Å². The van der Waals surface area contributed by atoms with E-state index in [9.17, 15) is 4.79 Å². The number of carbonyl (C=O) groups is 1. The molecule has 2 aromatic heterocycles. The Kier molecular flexibility index (Phi) is 9.77. The number of aromatic nitrogens is 1. The molecule has 96 valence electrons. The standard InChI is InChI=1S/C12H11NO2S.C2H5.K/c1-2-9-8(12(14)15)5-6-10(13-9)11-4-3-7-16-11;1-2;/h3-7H,2H2,1H3,(H,14,15);1H2,2H3;/q;-1;+1. The summed E-state index contributed by atoms with van der Waals surface area (Å²) in [6.07, 6.45) is 0.626. The van der Waals surface area contributed by atoms with Gasteiger partial charge in [0.2, 0.25) is 0 Å². The van der Waals surface area contributed by atoms with Gasteiger partial charge in [-0.25, -0.2) is 4.79 Å². The fraction of sp³-hybridized carbons (Fsp3) is 0.214. The summed E-state index contributed by atoms with van der Waals surface area (Å²) in [6, 6.07) is 7.32. The first kappa shape index (κ1) is 19.0. The summed E-state index contributed by atoms with van der Waals surface area (Å²) in [4.78, 5) is 16.4. The molecule has 0 amide bonds. The van der Waals surface area contributed by atoms with Crippen molar-refractivity contribution in [1.82, 2.24) is 4.98 Å². The number of aryl methyl sites for hydroxylation is 1. The van der Waals surface area contributed by atoms with Crippen LogP contribution in [0.3, 0.4) is 0 Å². The molecule has 0 aliphatic rings. The van der Waals surface area contributed by atoms with Gasteiger partial charge in [0.05, 0.1) is 21.8 Å². The van der Waals surface area contributed by atoms with Gasteiger partial charge in [-0.15, -0.1) is 11.3 Å². The summed E-state index contributed by atoms with van der Waals surface area (Å²) < 4.78 is 0. The fourth-order valence-corrected chi connectivity index (χ4v) is 2.22. The molecule has 0 aromatic carbocycles. The molecule has 0 saturated carbocycles. The Morgan fingerprint density at radius 1 is 1.37 bits per heavy atom. The van der Waals surface area contributed by atoms with Gasteiger partial charge in [-0.05, 0) is 30.0 Å². The van der Waals surface area contributed by atoms with Crippen LogP contribution in [0.1, 0.15) is 29.9 Å². The van der Waals surface area contributed by atoms with E-state index >= 15 is 0 Å². The summed E-state index contributed by atoms with van der Waals surface area (Å²) in [5, 5.41) is 11.0. The van der Waals surface area contributed by atoms with Crippen LogP contribution in [0.25, 0.3) is 10.6 Å². The number of thiophene rings is 1. The quantitative estimate of drug-likeness (QED) is 0.677. The van der Waals surface area contributed by atoms with Gasteiger partial charge in [0.25, 0.3) is 0 Å². The Morgan fingerprint density at radius 3 is 2.53 bits per heavy atom. The second-order valence-corrected chi connectivity index (χ2v) is 4.27. The zero-order valence-electron chi connectivity index (χ0n) is 11.5. The smallest absolute Gasteiger partial charge is 0.478 e. The van der Waals surface area contributed by atoms with Gasteiger partial charge in [-0.3, -0.25) is 4.98 Å². The van der Waals surface area contributed by atoms with Crippen molar-refractivity contribution in [2.24, 2.45) is 0 Å². The van der Waals surface area contributed by atoms with E-state index in [1.807, 2.05) is 24.4 Å². The maximum Gasteiger partial charge on any atom is 1.00 e. The molecule has 2 rings (SSSR count). The average molecular weight is 301 g/mol. The third-order valence-electron chi connectivity index (χ3n) is 2.31. The number of hydrogen-bond donors (Lipinski definition) is 1. The zero-order valence-corrected chi connectivity index (χ0v) is 15.5. The third-order valence-corrected chi connectivity index (χ3v) is 3.21. The Balaban J connectivity index is 0.00000103.